The number of nitrogens with zero attached hydrogens (tertiary/aromatic N) is 2. The van der Waals surface area contributed by atoms with E-state index in [1.807, 2.05) is 6.08 Å². The molecule has 122 valence electrons. The van der Waals surface area contributed by atoms with Crippen molar-refractivity contribution in [3.05, 3.63) is 33.7 Å². The summed E-state index contributed by atoms with van der Waals surface area (Å²) < 4.78 is 7.16. The van der Waals surface area contributed by atoms with Gasteiger partial charge in [-0.1, -0.05) is 19.6 Å². The van der Waals surface area contributed by atoms with Gasteiger partial charge in [-0.05, 0) is 23.9 Å². The summed E-state index contributed by atoms with van der Waals surface area (Å²) in [4.78, 5) is 16.7. The van der Waals surface area contributed by atoms with E-state index in [0.717, 1.165) is 10.7 Å². The molecule has 8 heteroatoms. The quantitative estimate of drug-likeness (QED) is 0.765. The molecule has 0 saturated heterocycles. The zero-order valence-corrected chi connectivity index (χ0v) is 15.0. The van der Waals surface area contributed by atoms with Gasteiger partial charge in [0.2, 0.25) is 0 Å². The molecule has 2 atom stereocenters. The maximum atomic E-state index is 12.0. The molecular weight excluding hydrogens is 318 g/mol. The molecule has 1 aliphatic rings. The summed E-state index contributed by atoms with van der Waals surface area (Å²) in [7, 11) is -1.11. The van der Waals surface area contributed by atoms with E-state index in [1.165, 1.54) is 10.6 Å². The first-order valence-corrected chi connectivity index (χ1v) is 11.9. The second-order valence-corrected chi connectivity index (χ2v) is 13.3. The molecule has 1 aliphatic heterocycles. The Kier molecular flexibility index (Phi) is 5.49. The molecule has 0 fully saturated rings. The van der Waals surface area contributed by atoms with Crippen molar-refractivity contribution < 1.29 is 9.84 Å². The second kappa shape index (κ2) is 6.99. The molecule has 1 aromatic heterocycles. The Balaban J connectivity index is 2.15. The van der Waals surface area contributed by atoms with Gasteiger partial charge in [-0.25, -0.2) is 4.79 Å². The van der Waals surface area contributed by atoms with Crippen LogP contribution in [0.5, 0.6) is 0 Å². The monoisotopic (exact) mass is 341 g/mol. The zero-order valence-electron chi connectivity index (χ0n) is 13.2. The van der Waals surface area contributed by atoms with Crippen LogP contribution in [-0.4, -0.2) is 41.2 Å². The standard InChI is InChI=1S/C14H23N3O3SSi/c1-22(2,3)7-6-21-11-8-10(9-18)20-13(11)17-5-4-12(15)16-14(17)19/h4-5,8,10,13,18H,6-7,9H2,1-3H3,(H2,15,16,19)/t10-,13+/m0/s1. The molecule has 0 saturated carbocycles. The lowest BCUT2D eigenvalue weighted by Crippen LogP contribution is -2.29. The Hall–Kier alpha value is -1.09. The number of aliphatic hydroxyl groups excluding tert-OH is 1. The topological polar surface area (TPSA) is 90.4 Å². The molecular formula is C14H23N3O3SSi. The Morgan fingerprint density at radius 1 is 1.50 bits per heavy atom. The molecule has 2 rings (SSSR count). The third-order valence-corrected chi connectivity index (χ3v) is 6.49. The molecule has 0 radical (unpaired) electrons. The summed E-state index contributed by atoms with van der Waals surface area (Å²) in [5.41, 5.74) is 5.08. The predicted octanol–water partition coefficient (Wildman–Crippen LogP) is 1.67. The molecule has 3 N–H and O–H groups in total. The van der Waals surface area contributed by atoms with Crippen LogP contribution in [0.2, 0.25) is 25.7 Å². The summed E-state index contributed by atoms with van der Waals surface area (Å²) in [5.74, 6) is 1.17. The Bertz CT molecular complexity index is 612. The molecule has 6 nitrogen and oxygen atoms in total. The van der Waals surface area contributed by atoms with Crippen LogP contribution in [0.1, 0.15) is 6.23 Å². The van der Waals surface area contributed by atoms with E-state index in [0.29, 0.717) is 0 Å². The van der Waals surface area contributed by atoms with Crippen LogP contribution in [0.25, 0.3) is 0 Å². The van der Waals surface area contributed by atoms with Crippen LogP contribution in [0.4, 0.5) is 5.82 Å². The first kappa shape index (κ1) is 17.3. The minimum absolute atomic E-state index is 0.105. The van der Waals surface area contributed by atoms with Gasteiger partial charge in [0.05, 0.1) is 6.61 Å². The highest BCUT2D eigenvalue weighted by atomic mass is 32.2. The van der Waals surface area contributed by atoms with Gasteiger partial charge in [-0.15, -0.1) is 11.8 Å². The van der Waals surface area contributed by atoms with Gasteiger partial charge in [0.15, 0.2) is 6.23 Å². The first-order chi connectivity index (χ1) is 10.3. The lowest BCUT2D eigenvalue weighted by molar-refractivity contribution is -0.0115. The van der Waals surface area contributed by atoms with Crippen LogP contribution in [0.3, 0.4) is 0 Å². The summed E-state index contributed by atoms with van der Waals surface area (Å²) in [6.45, 7) is 6.88. The van der Waals surface area contributed by atoms with Crippen molar-refractivity contribution >= 4 is 25.7 Å². The van der Waals surface area contributed by atoms with Gasteiger partial charge in [-0.2, -0.15) is 4.98 Å². The second-order valence-electron chi connectivity index (χ2n) is 6.48. The van der Waals surface area contributed by atoms with Crippen molar-refractivity contribution in [3.8, 4) is 0 Å². The SMILES string of the molecule is C[Si](C)(C)CCSC1=C[C@@H](CO)O[C@H]1n1ccc(N)nc1=O. The molecule has 1 aromatic rings. The third-order valence-electron chi connectivity index (χ3n) is 3.30. The fourth-order valence-electron chi connectivity index (χ4n) is 2.03. The van der Waals surface area contributed by atoms with Crippen LogP contribution in [-0.2, 0) is 4.74 Å². The summed E-state index contributed by atoms with van der Waals surface area (Å²) in [6.07, 6.45) is 2.57. The van der Waals surface area contributed by atoms with Crippen LogP contribution in [0, 0.1) is 0 Å². The van der Waals surface area contributed by atoms with E-state index in [9.17, 15) is 9.90 Å². The van der Waals surface area contributed by atoms with Gasteiger partial charge in [0.1, 0.15) is 11.9 Å². The van der Waals surface area contributed by atoms with E-state index in [1.54, 1.807) is 24.0 Å². The number of anilines is 1. The molecule has 0 bridgehead atoms. The molecule has 2 heterocycles. The summed E-state index contributed by atoms with van der Waals surface area (Å²) >= 11 is 1.69. The van der Waals surface area contributed by atoms with Crippen molar-refractivity contribution in [3.63, 3.8) is 0 Å². The minimum atomic E-state index is -1.11. The third kappa shape index (κ3) is 4.45. The number of nitrogen functional groups attached to an aromatic ring is 1. The summed E-state index contributed by atoms with van der Waals surface area (Å²) in [5, 5.41) is 9.32. The molecule has 22 heavy (non-hydrogen) atoms. The number of hydrogen-bond donors (Lipinski definition) is 2. The number of aliphatic hydroxyl groups is 1. The average molecular weight is 342 g/mol. The van der Waals surface area contributed by atoms with Crippen molar-refractivity contribution in [1.82, 2.24) is 9.55 Å². The van der Waals surface area contributed by atoms with Crippen LogP contribution >= 0.6 is 11.8 Å². The van der Waals surface area contributed by atoms with Crippen LogP contribution < -0.4 is 11.4 Å². The number of thioether (sulfide) groups is 1. The minimum Gasteiger partial charge on any atom is -0.393 e. The number of rotatable bonds is 6. The molecule has 0 unspecified atom stereocenters. The highest BCUT2D eigenvalue weighted by molar-refractivity contribution is 8.03. The fourth-order valence-corrected chi connectivity index (χ4v) is 5.69. The zero-order chi connectivity index (χ0) is 16.3. The number of hydrogen-bond acceptors (Lipinski definition) is 6. The van der Waals surface area contributed by atoms with E-state index in [2.05, 4.69) is 24.6 Å². The molecule has 0 spiro atoms. The van der Waals surface area contributed by atoms with Gasteiger partial charge < -0.3 is 15.6 Å². The van der Waals surface area contributed by atoms with E-state index in [4.69, 9.17) is 10.5 Å². The van der Waals surface area contributed by atoms with E-state index in [-0.39, 0.29) is 18.5 Å². The lowest BCUT2D eigenvalue weighted by atomic mass is 10.4. The first-order valence-electron chi connectivity index (χ1n) is 7.25. The summed E-state index contributed by atoms with van der Waals surface area (Å²) in [6, 6.07) is 2.75. The number of aromatic nitrogens is 2. The molecule has 0 amide bonds. The van der Waals surface area contributed by atoms with E-state index >= 15 is 0 Å². The smallest absolute Gasteiger partial charge is 0.351 e. The van der Waals surface area contributed by atoms with Crippen molar-refractivity contribution in [1.29, 1.82) is 0 Å². The maximum Gasteiger partial charge on any atom is 0.351 e. The Labute approximate surface area is 135 Å². The van der Waals surface area contributed by atoms with Crippen molar-refractivity contribution in [2.45, 2.75) is 38.0 Å². The number of nitrogens with two attached hydrogens (primary N) is 1. The molecule has 0 aromatic carbocycles. The average Bonchev–Trinajstić information content (AvgIpc) is 2.80. The van der Waals surface area contributed by atoms with Crippen molar-refractivity contribution in [2.75, 3.05) is 18.1 Å². The van der Waals surface area contributed by atoms with Gasteiger partial charge in [-0.3, -0.25) is 4.57 Å². The largest absolute Gasteiger partial charge is 0.393 e. The highest BCUT2D eigenvalue weighted by Gasteiger charge is 2.29. The van der Waals surface area contributed by atoms with Gasteiger partial charge in [0, 0.05) is 19.2 Å². The van der Waals surface area contributed by atoms with Gasteiger partial charge >= 0.3 is 5.69 Å². The Morgan fingerprint density at radius 3 is 2.82 bits per heavy atom. The van der Waals surface area contributed by atoms with E-state index < -0.39 is 20.0 Å². The normalized spacial score (nSPS) is 21.9. The Morgan fingerprint density at radius 2 is 2.23 bits per heavy atom. The van der Waals surface area contributed by atoms with Gasteiger partial charge in [0.25, 0.3) is 0 Å². The fraction of sp³-hybridized carbons (Fsp3) is 0.571. The number of ether oxygens (including phenoxy) is 1. The van der Waals surface area contributed by atoms with Crippen LogP contribution in [0.15, 0.2) is 28.0 Å². The molecule has 0 aliphatic carbocycles. The van der Waals surface area contributed by atoms with Crippen molar-refractivity contribution in [2.24, 2.45) is 0 Å². The highest BCUT2D eigenvalue weighted by Crippen LogP contribution is 2.36. The predicted molar refractivity (Wildman–Crippen MR) is 92.6 cm³/mol. The maximum absolute atomic E-state index is 12.0. The lowest BCUT2D eigenvalue weighted by Gasteiger charge is -2.19.